The molecule has 0 aliphatic heterocycles. The van der Waals surface area contributed by atoms with Gasteiger partial charge in [0.2, 0.25) is 0 Å². The molecule has 0 saturated heterocycles. The number of hydrogen-bond acceptors (Lipinski definition) is 3. The van der Waals surface area contributed by atoms with Crippen molar-refractivity contribution in [3.8, 4) is 0 Å². The van der Waals surface area contributed by atoms with Crippen molar-refractivity contribution in [1.29, 1.82) is 0 Å². The fourth-order valence-electron chi connectivity index (χ4n) is 1.62. The van der Waals surface area contributed by atoms with E-state index >= 15 is 0 Å². The Morgan fingerprint density at radius 1 is 1.25 bits per heavy atom. The van der Waals surface area contributed by atoms with Crippen LogP contribution in [0.4, 0.5) is 0 Å². The Morgan fingerprint density at radius 3 is 2.67 bits per heavy atom. The second-order valence-corrected chi connectivity index (χ2v) is 3.35. The first kappa shape index (κ1) is 9.96. The van der Waals surface area contributed by atoms with E-state index in [9.17, 15) is 0 Å². The second-order valence-electron chi connectivity index (χ2n) is 3.35. The topological polar surface area (TPSA) is 44.5 Å². The molecule has 0 aromatic rings. The predicted octanol–water partition coefficient (Wildman–Crippen LogP) is 0.919. The molecule has 0 spiro atoms. The molecule has 2 atom stereocenters. The van der Waals surface area contributed by atoms with Gasteiger partial charge in [0.15, 0.2) is 0 Å². The molecule has 0 heterocycles. The summed E-state index contributed by atoms with van der Waals surface area (Å²) in [6.07, 6.45) is 5.01. The first-order valence-corrected chi connectivity index (χ1v) is 4.70. The quantitative estimate of drug-likeness (QED) is 0.643. The molecular weight excluding hydrogens is 154 g/mol. The Balaban J connectivity index is 2.11. The average molecular weight is 173 g/mol. The molecule has 12 heavy (non-hydrogen) atoms. The van der Waals surface area contributed by atoms with Crippen molar-refractivity contribution < 1.29 is 9.47 Å². The highest BCUT2D eigenvalue weighted by Crippen LogP contribution is 2.19. The molecule has 0 unspecified atom stereocenters. The maximum Gasteiger partial charge on any atom is 0.0727 e. The number of rotatable bonds is 4. The normalized spacial score (nSPS) is 30.5. The van der Waals surface area contributed by atoms with Crippen LogP contribution in [0.25, 0.3) is 0 Å². The van der Waals surface area contributed by atoms with Gasteiger partial charge in [-0.25, -0.2) is 0 Å². The van der Waals surface area contributed by atoms with Gasteiger partial charge in [0.05, 0.1) is 19.3 Å². The summed E-state index contributed by atoms with van der Waals surface area (Å²) < 4.78 is 10.5. The standard InChI is InChI=1S/C9H19NO2/c1-11-6-7-12-9-5-3-2-4-8(9)10/h8-9H,2-7,10H2,1H3/t8-,9-/m1/s1. The summed E-state index contributed by atoms with van der Waals surface area (Å²) >= 11 is 0. The zero-order chi connectivity index (χ0) is 8.81. The fraction of sp³-hybridized carbons (Fsp3) is 1.00. The average Bonchev–Trinajstić information content (AvgIpc) is 2.09. The first-order valence-electron chi connectivity index (χ1n) is 4.70. The van der Waals surface area contributed by atoms with E-state index in [4.69, 9.17) is 15.2 Å². The van der Waals surface area contributed by atoms with Crippen molar-refractivity contribution in [3.63, 3.8) is 0 Å². The van der Waals surface area contributed by atoms with Crippen LogP contribution < -0.4 is 5.73 Å². The minimum Gasteiger partial charge on any atom is -0.382 e. The minimum absolute atomic E-state index is 0.246. The van der Waals surface area contributed by atoms with E-state index in [2.05, 4.69) is 0 Å². The van der Waals surface area contributed by atoms with E-state index in [0.29, 0.717) is 13.2 Å². The monoisotopic (exact) mass is 173 g/mol. The Kier molecular flexibility index (Phi) is 4.58. The van der Waals surface area contributed by atoms with Crippen LogP contribution in [0.3, 0.4) is 0 Å². The molecule has 1 aliphatic carbocycles. The molecule has 3 heteroatoms. The van der Waals surface area contributed by atoms with Gasteiger partial charge < -0.3 is 15.2 Å². The van der Waals surface area contributed by atoms with Gasteiger partial charge in [0, 0.05) is 13.2 Å². The summed E-state index contributed by atoms with van der Waals surface area (Å²) in [5.74, 6) is 0. The van der Waals surface area contributed by atoms with Crippen LogP contribution in [0, 0.1) is 0 Å². The maximum absolute atomic E-state index is 5.90. The number of methoxy groups -OCH3 is 1. The highest BCUT2D eigenvalue weighted by Gasteiger charge is 2.21. The van der Waals surface area contributed by atoms with Crippen LogP contribution in [-0.4, -0.2) is 32.5 Å². The Hall–Kier alpha value is -0.120. The van der Waals surface area contributed by atoms with Crippen molar-refractivity contribution in [1.82, 2.24) is 0 Å². The Morgan fingerprint density at radius 2 is 2.00 bits per heavy atom. The lowest BCUT2D eigenvalue weighted by Crippen LogP contribution is -2.39. The van der Waals surface area contributed by atoms with Crippen molar-refractivity contribution >= 4 is 0 Å². The van der Waals surface area contributed by atoms with Crippen LogP contribution in [0.5, 0.6) is 0 Å². The van der Waals surface area contributed by atoms with Gasteiger partial charge >= 0.3 is 0 Å². The van der Waals surface area contributed by atoms with Crippen LogP contribution in [0.2, 0.25) is 0 Å². The van der Waals surface area contributed by atoms with E-state index in [1.54, 1.807) is 7.11 Å². The molecule has 0 bridgehead atoms. The third-order valence-corrected chi connectivity index (χ3v) is 2.37. The summed E-state index contributed by atoms with van der Waals surface area (Å²) in [5, 5.41) is 0. The second kappa shape index (κ2) is 5.51. The van der Waals surface area contributed by atoms with E-state index in [-0.39, 0.29) is 12.1 Å². The summed E-state index contributed by atoms with van der Waals surface area (Å²) in [5.41, 5.74) is 5.90. The molecular formula is C9H19NO2. The molecule has 0 aromatic carbocycles. The number of nitrogens with two attached hydrogens (primary N) is 1. The third-order valence-electron chi connectivity index (χ3n) is 2.37. The molecule has 1 rings (SSSR count). The van der Waals surface area contributed by atoms with Gasteiger partial charge in [0.1, 0.15) is 0 Å². The number of hydrogen-bond donors (Lipinski definition) is 1. The molecule has 1 fully saturated rings. The largest absolute Gasteiger partial charge is 0.382 e. The molecule has 1 saturated carbocycles. The molecule has 0 aromatic heterocycles. The smallest absolute Gasteiger partial charge is 0.0727 e. The van der Waals surface area contributed by atoms with Crippen molar-refractivity contribution in [2.45, 2.75) is 37.8 Å². The van der Waals surface area contributed by atoms with Crippen LogP contribution in [0.1, 0.15) is 25.7 Å². The Bertz CT molecular complexity index is 119. The lowest BCUT2D eigenvalue weighted by Gasteiger charge is -2.28. The van der Waals surface area contributed by atoms with Gasteiger partial charge in [-0.2, -0.15) is 0 Å². The van der Waals surface area contributed by atoms with Crippen molar-refractivity contribution in [2.24, 2.45) is 5.73 Å². The summed E-state index contributed by atoms with van der Waals surface area (Å²) in [7, 11) is 1.68. The highest BCUT2D eigenvalue weighted by atomic mass is 16.5. The van der Waals surface area contributed by atoms with E-state index in [1.165, 1.54) is 12.8 Å². The van der Waals surface area contributed by atoms with E-state index in [1.807, 2.05) is 0 Å². The molecule has 0 amide bonds. The predicted molar refractivity (Wildman–Crippen MR) is 48.1 cm³/mol. The molecule has 1 aliphatic rings. The Labute approximate surface area is 74.2 Å². The lowest BCUT2D eigenvalue weighted by atomic mass is 9.93. The van der Waals surface area contributed by atoms with Crippen LogP contribution >= 0.6 is 0 Å². The summed E-state index contributed by atoms with van der Waals surface area (Å²) in [6.45, 7) is 1.35. The zero-order valence-electron chi connectivity index (χ0n) is 7.79. The number of ether oxygens (including phenoxy) is 2. The highest BCUT2D eigenvalue weighted by molar-refractivity contribution is 4.78. The van der Waals surface area contributed by atoms with Crippen molar-refractivity contribution in [2.75, 3.05) is 20.3 Å². The minimum atomic E-state index is 0.246. The van der Waals surface area contributed by atoms with Crippen LogP contribution in [0.15, 0.2) is 0 Å². The summed E-state index contributed by atoms with van der Waals surface area (Å²) in [4.78, 5) is 0. The van der Waals surface area contributed by atoms with Gasteiger partial charge in [-0.1, -0.05) is 12.8 Å². The third kappa shape index (κ3) is 3.09. The summed E-state index contributed by atoms with van der Waals surface area (Å²) in [6, 6.07) is 0.246. The van der Waals surface area contributed by atoms with Crippen LogP contribution in [-0.2, 0) is 9.47 Å². The molecule has 3 nitrogen and oxygen atoms in total. The van der Waals surface area contributed by atoms with Gasteiger partial charge in [0.25, 0.3) is 0 Å². The van der Waals surface area contributed by atoms with Gasteiger partial charge in [-0.05, 0) is 12.8 Å². The SMILES string of the molecule is COCCO[C@@H]1CCCC[C@H]1N. The fourth-order valence-corrected chi connectivity index (χ4v) is 1.62. The molecule has 72 valence electrons. The van der Waals surface area contributed by atoms with Gasteiger partial charge in [-0.3, -0.25) is 0 Å². The van der Waals surface area contributed by atoms with Gasteiger partial charge in [-0.15, -0.1) is 0 Å². The molecule has 2 N–H and O–H groups in total. The van der Waals surface area contributed by atoms with E-state index in [0.717, 1.165) is 12.8 Å². The van der Waals surface area contributed by atoms with E-state index < -0.39 is 0 Å². The zero-order valence-corrected chi connectivity index (χ0v) is 7.79. The first-order chi connectivity index (χ1) is 5.84. The lowest BCUT2D eigenvalue weighted by molar-refractivity contribution is -0.0102. The molecule has 0 radical (unpaired) electrons. The maximum atomic E-state index is 5.90. The van der Waals surface area contributed by atoms with Crippen molar-refractivity contribution in [3.05, 3.63) is 0 Å².